The molecule has 150 valence electrons. The molecule has 2 heterocycles. The lowest BCUT2D eigenvalue weighted by Crippen LogP contribution is -2.36. The molecule has 1 amide bonds. The largest absolute Gasteiger partial charge is 0.353 e. The number of hydrogen-bond acceptors (Lipinski definition) is 5. The molecule has 3 aromatic rings. The van der Waals surface area contributed by atoms with Gasteiger partial charge in [-0.05, 0) is 37.3 Å². The van der Waals surface area contributed by atoms with E-state index in [4.69, 9.17) is 0 Å². The monoisotopic (exact) mass is 393 g/mol. The molecule has 1 aromatic carbocycles. The summed E-state index contributed by atoms with van der Waals surface area (Å²) < 4.78 is 2.55. The van der Waals surface area contributed by atoms with E-state index in [1.165, 1.54) is 4.68 Å². The third kappa shape index (κ3) is 4.26. The van der Waals surface area contributed by atoms with E-state index in [9.17, 15) is 14.4 Å². The number of hydrogen-bond donors (Lipinski definition) is 1. The summed E-state index contributed by atoms with van der Waals surface area (Å²) in [5.74, 6) is -0.335. The van der Waals surface area contributed by atoms with E-state index >= 15 is 0 Å². The molecule has 0 fully saturated rings. The van der Waals surface area contributed by atoms with E-state index in [0.29, 0.717) is 5.39 Å². The van der Waals surface area contributed by atoms with E-state index in [2.05, 4.69) is 15.5 Å². The fourth-order valence-corrected chi connectivity index (χ4v) is 3.67. The maximum atomic E-state index is 12.4. The normalized spacial score (nSPS) is 13.7. The molecule has 0 aliphatic heterocycles. The van der Waals surface area contributed by atoms with Crippen LogP contribution in [0.5, 0.6) is 0 Å². The van der Waals surface area contributed by atoms with Crippen LogP contribution in [0.2, 0.25) is 0 Å². The number of rotatable bonds is 5. The Labute approximate surface area is 167 Å². The summed E-state index contributed by atoms with van der Waals surface area (Å²) in [6.07, 6.45) is 6.70. The molecular formula is C21H23N5O3. The first-order valence-electron chi connectivity index (χ1n) is 9.93. The van der Waals surface area contributed by atoms with Crippen LogP contribution in [0.4, 0.5) is 0 Å². The first-order chi connectivity index (χ1) is 14.1. The molecule has 29 heavy (non-hydrogen) atoms. The van der Waals surface area contributed by atoms with Crippen LogP contribution in [0.1, 0.15) is 30.5 Å². The fourth-order valence-electron chi connectivity index (χ4n) is 3.67. The molecule has 8 heteroatoms. The zero-order chi connectivity index (χ0) is 20.2. The number of carbonyl (C=O) groups is 1. The number of fused-ring (bicyclic) bond motifs is 2. The smallest absolute Gasteiger partial charge is 0.275 e. The second-order valence-electron chi connectivity index (χ2n) is 7.28. The molecule has 0 radical (unpaired) electrons. The van der Waals surface area contributed by atoms with Crippen LogP contribution in [0, 0.1) is 0 Å². The third-order valence-corrected chi connectivity index (χ3v) is 5.22. The summed E-state index contributed by atoms with van der Waals surface area (Å²) in [6, 6.07) is 8.80. The van der Waals surface area contributed by atoms with Crippen LogP contribution in [0.15, 0.2) is 46.1 Å². The maximum Gasteiger partial charge on any atom is 0.275 e. The summed E-state index contributed by atoms with van der Waals surface area (Å²) in [7, 11) is 0. The zero-order valence-corrected chi connectivity index (χ0v) is 16.1. The Kier molecular flexibility index (Phi) is 5.50. The van der Waals surface area contributed by atoms with Crippen molar-refractivity contribution >= 4 is 16.7 Å². The highest BCUT2D eigenvalue weighted by Crippen LogP contribution is 2.16. The van der Waals surface area contributed by atoms with Gasteiger partial charge >= 0.3 is 0 Å². The number of nitrogens with one attached hydrogen (secondary N) is 1. The Morgan fingerprint density at radius 1 is 1.07 bits per heavy atom. The minimum atomic E-state index is -0.335. The van der Waals surface area contributed by atoms with Gasteiger partial charge in [-0.25, -0.2) is 9.36 Å². The van der Waals surface area contributed by atoms with Gasteiger partial charge in [-0.2, -0.15) is 10.2 Å². The lowest BCUT2D eigenvalue weighted by atomic mass is 10.1. The number of amides is 1. The first-order valence-corrected chi connectivity index (χ1v) is 9.93. The van der Waals surface area contributed by atoms with Crippen molar-refractivity contribution in [3.63, 3.8) is 0 Å². The van der Waals surface area contributed by atoms with E-state index in [-0.39, 0.29) is 36.7 Å². The van der Waals surface area contributed by atoms with Crippen molar-refractivity contribution < 1.29 is 4.79 Å². The molecule has 8 nitrogen and oxygen atoms in total. The van der Waals surface area contributed by atoms with Gasteiger partial charge in [0.25, 0.3) is 11.1 Å². The Hall–Kier alpha value is -3.29. The predicted octanol–water partition coefficient (Wildman–Crippen LogP) is 1.04. The fraction of sp³-hybridized carbons (Fsp3) is 0.381. The van der Waals surface area contributed by atoms with Crippen molar-refractivity contribution in [2.24, 2.45) is 0 Å². The van der Waals surface area contributed by atoms with Crippen LogP contribution < -0.4 is 16.4 Å². The van der Waals surface area contributed by atoms with Gasteiger partial charge in [0.15, 0.2) is 0 Å². The maximum absolute atomic E-state index is 12.4. The highest BCUT2D eigenvalue weighted by Gasteiger charge is 2.13. The van der Waals surface area contributed by atoms with Crippen molar-refractivity contribution in [3.05, 3.63) is 68.5 Å². The van der Waals surface area contributed by atoms with E-state index in [1.807, 2.05) is 6.07 Å². The lowest BCUT2D eigenvalue weighted by molar-refractivity contribution is -0.121. The molecule has 4 rings (SSSR count). The molecule has 0 saturated heterocycles. The highest BCUT2D eigenvalue weighted by atomic mass is 16.2. The number of carbonyl (C=O) groups excluding carboxylic acids is 1. The molecule has 1 N–H and O–H groups in total. The van der Waals surface area contributed by atoms with Gasteiger partial charge in [-0.3, -0.25) is 14.4 Å². The predicted molar refractivity (Wildman–Crippen MR) is 109 cm³/mol. The number of benzene rings is 1. The van der Waals surface area contributed by atoms with E-state index in [0.717, 1.165) is 53.4 Å². The Bertz CT molecular complexity index is 1160. The van der Waals surface area contributed by atoms with Crippen LogP contribution >= 0.6 is 0 Å². The van der Waals surface area contributed by atoms with Crippen LogP contribution in [0.25, 0.3) is 10.8 Å². The van der Waals surface area contributed by atoms with Gasteiger partial charge in [-0.15, -0.1) is 0 Å². The summed E-state index contributed by atoms with van der Waals surface area (Å²) in [4.78, 5) is 36.9. The van der Waals surface area contributed by atoms with Gasteiger partial charge < -0.3 is 5.32 Å². The third-order valence-electron chi connectivity index (χ3n) is 5.22. The van der Waals surface area contributed by atoms with Crippen LogP contribution in [-0.2, 0) is 30.7 Å². The summed E-state index contributed by atoms with van der Waals surface area (Å²) >= 11 is 0. The average molecular weight is 393 g/mol. The van der Waals surface area contributed by atoms with Gasteiger partial charge in [0.1, 0.15) is 6.54 Å². The van der Waals surface area contributed by atoms with Gasteiger partial charge in [-0.1, -0.05) is 24.6 Å². The Morgan fingerprint density at radius 3 is 2.79 bits per heavy atom. The molecule has 2 aromatic heterocycles. The molecule has 1 aliphatic rings. The lowest BCUT2D eigenvalue weighted by Gasteiger charge is -2.11. The first kappa shape index (κ1) is 19.0. The molecule has 0 atom stereocenters. The minimum Gasteiger partial charge on any atom is -0.353 e. The summed E-state index contributed by atoms with van der Waals surface area (Å²) in [5, 5.41) is 12.5. The van der Waals surface area contributed by atoms with Crippen molar-refractivity contribution in [2.75, 3.05) is 6.54 Å². The molecule has 0 saturated carbocycles. The van der Waals surface area contributed by atoms with Crippen molar-refractivity contribution in [2.45, 2.75) is 45.2 Å². The van der Waals surface area contributed by atoms with E-state index < -0.39 is 0 Å². The Balaban J connectivity index is 1.38. The molecule has 0 spiro atoms. The minimum absolute atomic E-state index is 0.146. The topological polar surface area (TPSA) is 98.9 Å². The van der Waals surface area contributed by atoms with Crippen LogP contribution in [-0.4, -0.2) is 32.0 Å². The van der Waals surface area contributed by atoms with Gasteiger partial charge in [0, 0.05) is 18.0 Å². The van der Waals surface area contributed by atoms with Crippen LogP contribution in [0.3, 0.4) is 0 Å². The molecule has 0 unspecified atom stereocenters. The number of nitrogens with zero attached hydrogens (tertiary/aromatic N) is 4. The van der Waals surface area contributed by atoms with Crippen molar-refractivity contribution in [3.8, 4) is 0 Å². The van der Waals surface area contributed by atoms with Gasteiger partial charge in [0.05, 0.1) is 23.8 Å². The molecular weight excluding hydrogens is 370 g/mol. The quantitative estimate of drug-likeness (QED) is 0.653. The zero-order valence-electron chi connectivity index (χ0n) is 16.1. The highest BCUT2D eigenvalue weighted by molar-refractivity contribution is 5.81. The molecule has 1 aliphatic carbocycles. The number of aryl methyl sites for hydroxylation is 2. The summed E-state index contributed by atoms with van der Waals surface area (Å²) in [5.41, 5.74) is 1.59. The second-order valence-corrected chi connectivity index (χ2v) is 7.28. The average Bonchev–Trinajstić information content (AvgIpc) is 2.95. The SMILES string of the molecule is O=C(Cn1ncc2ccccc2c1=O)NCCn1nc2c(cc1=O)CCCCC2. The van der Waals surface area contributed by atoms with Gasteiger partial charge in [0.2, 0.25) is 5.91 Å². The molecule has 0 bridgehead atoms. The Morgan fingerprint density at radius 2 is 1.90 bits per heavy atom. The van der Waals surface area contributed by atoms with E-state index in [1.54, 1.807) is 30.5 Å². The van der Waals surface area contributed by atoms with Crippen molar-refractivity contribution in [1.29, 1.82) is 0 Å². The second kappa shape index (κ2) is 8.38. The summed E-state index contributed by atoms with van der Waals surface area (Å²) in [6.45, 7) is 0.376. The number of aromatic nitrogens is 4. The van der Waals surface area contributed by atoms with Crippen molar-refractivity contribution in [1.82, 2.24) is 24.9 Å². The standard InChI is InChI=1S/C21H23N5O3/c27-19(14-26-21(29)17-8-5-4-7-16(17)13-23-26)22-10-11-25-20(28)12-15-6-2-1-3-9-18(15)24-25/h4-5,7-8,12-13H,1-3,6,9-11,14H2,(H,22,27).